The van der Waals surface area contributed by atoms with Crippen molar-refractivity contribution in [3.05, 3.63) is 58.9 Å². The molecule has 22 heavy (non-hydrogen) atoms. The van der Waals surface area contributed by atoms with Gasteiger partial charge in [0.25, 0.3) is 5.91 Å². The predicted octanol–water partition coefficient (Wildman–Crippen LogP) is 2.25. The van der Waals surface area contributed by atoms with Crippen LogP contribution in [0.2, 0.25) is 0 Å². The summed E-state index contributed by atoms with van der Waals surface area (Å²) in [6.45, 7) is 1.68. The lowest BCUT2D eigenvalue weighted by molar-refractivity contribution is -0.143. The van der Waals surface area contributed by atoms with E-state index in [1.807, 2.05) is 0 Å². The number of aryl methyl sites for hydroxylation is 1. The summed E-state index contributed by atoms with van der Waals surface area (Å²) in [7, 11) is 1.12. The van der Waals surface area contributed by atoms with E-state index in [2.05, 4.69) is 15.0 Å². The first kappa shape index (κ1) is 15.7. The van der Waals surface area contributed by atoms with Crippen molar-refractivity contribution in [3.63, 3.8) is 0 Å². The number of amides is 1. The number of carbonyl (C=O) groups is 2. The zero-order valence-electron chi connectivity index (χ0n) is 11.9. The third kappa shape index (κ3) is 3.13. The van der Waals surface area contributed by atoms with Gasteiger partial charge < -0.3 is 15.0 Å². The second-order valence-electron chi connectivity index (χ2n) is 4.61. The first-order valence-corrected chi connectivity index (χ1v) is 6.41. The number of methoxy groups -OCH3 is 1. The SMILES string of the molecule is COC(=O)C(NC(=O)c1cc[nH]c1C)c1ccc(F)cc1F. The summed E-state index contributed by atoms with van der Waals surface area (Å²) < 4.78 is 31.4. The van der Waals surface area contributed by atoms with Crippen LogP contribution in [-0.4, -0.2) is 24.0 Å². The Labute approximate surface area is 125 Å². The lowest BCUT2D eigenvalue weighted by Crippen LogP contribution is -2.35. The molecule has 116 valence electrons. The van der Waals surface area contributed by atoms with Crippen molar-refractivity contribution in [1.29, 1.82) is 0 Å². The average molecular weight is 308 g/mol. The molecular formula is C15H14F2N2O3. The highest BCUT2D eigenvalue weighted by molar-refractivity contribution is 5.98. The molecule has 0 aliphatic rings. The number of ether oxygens (including phenoxy) is 1. The summed E-state index contributed by atoms with van der Waals surface area (Å²) in [6, 6.07) is 2.89. The third-order valence-corrected chi connectivity index (χ3v) is 3.18. The summed E-state index contributed by atoms with van der Waals surface area (Å²) in [6.07, 6.45) is 1.57. The summed E-state index contributed by atoms with van der Waals surface area (Å²) in [5.74, 6) is -3.15. The van der Waals surface area contributed by atoms with Gasteiger partial charge in [0.1, 0.15) is 11.6 Å². The van der Waals surface area contributed by atoms with Crippen LogP contribution in [0.5, 0.6) is 0 Å². The average Bonchev–Trinajstić information content (AvgIpc) is 2.90. The molecule has 0 aliphatic carbocycles. The first-order chi connectivity index (χ1) is 10.4. The maximum atomic E-state index is 13.9. The van der Waals surface area contributed by atoms with E-state index in [9.17, 15) is 18.4 Å². The number of nitrogens with one attached hydrogen (secondary N) is 2. The lowest BCUT2D eigenvalue weighted by Gasteiger charge is -2.17. The Kier molecular flexibility index (Phi) is 4.55. The van der Waals surface area contributed by atoms with Crippen LogP contribution in [0.15, 0.2) is 30.5 Å². The Morgan fingerprint density at radius 3 is 2.55 bits per heavy atom. The van der Waals surface area contributed by atoms with E-state index in [1.54, 1.807) is 13.1 Å². The van der Waals surface area contributed by atoms with Crippen molar-refractivity contribution in [2.45, 2.75) is 13.0 Å². The van der Waals surface area contributed by atoms with Crippen molar-refractivity contribution in [2.75, 3.05) is 7.11 Å². The summed E-state index contributed by atoms with van der Waals surface area (Å²) in [5.41, 5.74) is 0.743. The molecule has 0 radical (unpaired) electrons. The van der Waals surface area contributed by atoms with Gasteiger partial charge in [-0.2, -0.15) is 0 Å². The molecule has 0 bridgehead atoms. The highest BCUT2D eigenvalue weighted by Gasteiger charge is 2.27. The number of aromatic nitrogens is 1. The zero-order chi connectivity index (χ0) is 16.3. The molecule has 1 atom stereocenters. The van der Waals surface area contributed by atoms with E-state index in [0.717, 1.165) is 19.2 Å². The maximum Gasteiger partial charge on any atom is 0.333 e. The fraction of sp³-hybridized carbons (Fsp3) is 0.200. The molecule has 1 aromatic heterocycles. The van der Waals surface area contributed by atoms with Gasteiger partial charge in [-0.25, -0.2) is 13.6 Å². The van der Waals surface area contributed by atoms with Gasteiger partial charge in [0.2, 0.25) is 0 Å². The summed E-state index contributed by atoms with van der Waals surface area (Å²) >= 11 is 0. The van der Waals surface area contributed by atoms with Crippen LogP contribution >= 0.6 is 0 Å². The van der Waals surface area contributed by atoms with Crippen molar-refractivity contribution in [1.82, 2.24) is 10.3 Å². The van der Waals surface area contributed by atoms with E-state index in [1.165, 1.54) is 6.07 Å². The molecule has 0 saturated carbocycles. The monoisotopic (exact) mass is 308 g/mol. The zero-order valence-corrected chi connectivity index (χ0v) is 11.9. The maximum absolute atomic E-state index is 13.9. The molecule has 0 fully saturated rings. The minimum absolute atomic E-state index is 0.171. The number of hydrogen-bond acceptors (Lipinski definition) is 3. The Balaban J connectivity index is 2.33. The van der Waals surface area contributed by atoms with Gasteiger partial charge in [0.15, 0.2) is 6.04 Å². The van der Waals surface area contributed by atoms with Crippen LogP contribution in [-0.2, 0) is 9.53 Å². The minimum atomic E-state index is -1.37. The molecule has 0 aliphatic heterocycles. The number of H-pyrrole nitrogens is 1. The van der Waals surface area contributed by atoms with E-state index >= 15 is 0 Å². The Morgan fingerprint density at radius 1 is 1.27 bits per heavy atom. The van der Waals surface area contributed by atoms with Gasteiger partial charge >= 0.3 is 5.97 Å². The number of carbonyl (C=O) groups excluding carboxylic acids is 2. The Hall–Kier alpha value is -2.70. The fourth-order valence-corrected chi connectivity index (χ4v) is 2.02. The molecule has 7 heteroatoms. The topological polar surface area (TPSA) is 71.2 Å². The van der Waals surface area contributed by atoms with Crippen molar-refractivity contribution < 1.29 is 23.1 Å². The van der Waals surface area contributed by atoms with Crippen LogP contribution in [0.25, 0.3) is 0 Å². The summed E-state index contributed by atoms with van der Waals surface area (Å²) in [5, 5.41) is 2.39. The predicted molar refractivity (Wildman–Crippen MR) is 74.1 cm³/mol. The van der Waals surface area contributed by atoms with Crippen molar-refractivity contribution in [3.8, 4) is 0 Å². The second-order valence-corrected chi connectivity index (χ2v) is 4.61. The van der Waals surface area contributed by atoms with Crippen LogP contribution in [0, 0.1) is 18.6 Å². The van der Waals surface area contributed by atoms with Crippen LogP contribution in [0.3, 0.4) is 0 Å². The Morgan fingerprint density at radius 2 is 2.00 bits per heavy atom. The standard InChI is InChI=1S/C15H14F2N2O3/c1-8-10(5-6-18-8)14(20)19-13(15(21)22-2)11-4-3-9(16)7-12(11)17/h3-7,13,18H,1-2H3,(H,19,20). The first-order valence-electron chi connectivity index (χ1n) is 6.41. The van der Waals surface area contributed by atoms with Crippen LogP contribution < -0.4 is 5.32 Å². The van der Waals surface area contributed by atoms with Gasteiger partial charge in [0.05, 0.1) is 12.7 Å². The summed E-state index contributed by atoms with van der Waals surface area (Å²) in [4.78, 5) is 26.8. The normalized spacial score (nSPS) is 11.8. The molecule has 1 aromatic carbocycles. The lowest BCUT2D eigenvalue weighted by atomic mass is 10.1. The number of esters is 1. The number of aromatic amines is 1. The Bertz CT molecular complexity index is 713. The molecule has 2 N–H and O–H groups in total. The van der Waals surface area contributed by atoms with Gasteiger partial charge in [-0.05, 0) is 19.1 Å². The fourth-order valence-electron chi connectivity index (χ4n) is 2.02. The van der Waals surface area contributed by atoms with Crippen molar-refractivity contribution >= 4 is 11.9 Å². The molecule has 1 unspecified atom stereocenters. The van der Waals surface area contributed by atoms with Crippen LogP contribution in [0.1, 0.15) is 27.7 Å². The molecule has 5 nitrogen and oxygen atoms in total. The number of hydrogen-bond donors (Lipinski definition) is 2. The molecular weight excluding hydrogens is 294 g/mol. The number of rotatable bonds is 4. The van der Waals surface area contributed by atoms with E-state index in [4.69, 9.17) is 0 Å². The number of halogens is 2. The highest BCUT2D eigenvalue weighted by Crippen LogP contribution is 2.20. The van der Waals surface area contributed by atoms with Gasteiger partial charge in [-0.3, -0.25) is 4.79 Å². The molecule has 0 spiro atoms. The van der Waals surface area contributed by atoms with Gasteiger partial charge in [-0.1, -0.05) is 6.07 Å². The third-order valence-electron chi connectivity index (χ3n) is 3.18. The minimum Gasteiger partial charge on any atom is -0.467 e. The van der Waals surface area contributed by atoms with E-state index in [0.29, 0.717) is 17.3 Å². The molecule has 0 saturated heterocycles. The molecule has 2 rings (SSSR count). The molecule has 1 amide bonds. The molecule has 2 aromatic rings. The van der Waals surface area contributed by atoms with Crippen molar-refractivity contribution in [2.24, 2.45) is 0 Å². The van der Waals surface area contributed by atoms with E-state index < -0.39 is 29.6 Å². The van der Waals surface area contributed by atoms with E-state index in [-0.39, 0.29) is 5.56 Å². The second kappa shape index (κ2) is 6.38. The highest BCUT2D eigenvalue weighted by atomic mass is 19.1. The quantitative estimate of drug-likeness (QED) is 0.851. The number of benzene rings is 1. The largest absolute Gasteiger partial charge is 0.467 e. The molecule has 1 heterocycles. The van der Waals surface area contributed by atoms with Gasteiger partial charge in [0, 0.05) is 23.5 Å². The van der Waals surface area contributed by atoms with Gasteiger partial charge in [-0.15, -0.1) is 0 Å². The van der Waals surface area contributed by atoms with Crippen LogP contribution in [0.4, 0.5) is 8.78 Å². The smallest absolute Gasteiger partial charge is 0.333 e.